The van der Waals surface area contributed by atoms with E-state index in [9.17, 15) is 9.59 Å². The third kappa shape index (κ3) is 4.23. The van der Waals surface area contributed by atoms with Gasteiger partial charge >= 0.3 is 0 Å². The highest BCUT2D eigenvalue weighted by Crippen LogP contribution is 2.28. The minimum absolute atomic E-state index is 0.190. The second-order valence-corrected chi connectivity index (χ2v) is 7.00. The van der Waals surface area contributed by atoms with E-state index >= 15 is 0 Å². The molecule has 1 aromatic carbocycles. The first-order chi connectivity index (χ1) is 9.97. The maximum Gasteiger partial charge on any atom is 0.251 e. The number of thiophene rings is 1. The van der Waals surface area contributed by atoms with Gasteiger partial charge in [0.1, 0.15) is 5.00 Å². The molecule has 0 aliphatic carbocycles. The number of halogens is 1. The Hall–Kier alpha value is -1.50. The quantitative estimate of drug-likeness (QED) is 0.816. The van der Waals surface area contributed by atoms with Gasteiger partial charge in [-0.3, -0.25) is 9.59 Å². The summed E-state index contributed by atoms with van der Waals surface area (Å²) in [6.45, 7) is 1.79. The van der Waals surface area contributed by atoms with Gasteiger partial charge < -0.3 is 11.1 Å². The normalized spacial score (nSPS) is 11.9. The van der Waals surface area contributed by atoms with E-state index in [2.05, 4.69) is 5.32 Å². The molecule has 2 amide bonds. The third-order valence-electron chi connectivity index (χ3n) is 2.65. The molecule has 3 N–H and O–H groups in total. The van der Waals surface area contributed by atoms with E-state index in [4.69, 9.17) is 17.3 Å². The molecular formula is C14H13ClN2O2S2. The molecule has 110 valence electrons. The maximum absolute atomic E-state index is 12.2. The molecule has 0 saturated carbocycles. The zero-order chi connectivity index (χ0) is 15.4. The van der Waals surface area contributed by atoms with Gasteiger partial charge in [0.2, 0.25) is 5.91 Å². The number of nitrogens with two attached hydrogens (primary N) is 1. The van der Waals surface area contributed by atoms with Crippen molar-refractivity contribution in [3.63, 3.8) is 0 Å². The molecule has 0 aliphatic rings. The number of amides is 2. The Morgan fingerprint density at radius 1 is 1.38 bits per heavy atom. The van der Waals surface area contributed by atoms with Crippen LogP contribution in [0.15, 0.2) is 40.6 Å². The van der Waals surface area contributed by atoms with Crippen molar-refractivity contribution >= 4 is 51.5 Å². The Bertz CT molecular complexity index is 672. The fraction of sp³-hybridized carbons (Fsp3) is 0.143. The Morgan fingerprint density at radius 2 is 2.14 bits per heavy atom. The average Bonchev–Trinajstić information content (AvgIpc) is 2.87. The van der Waals surface area contributed by atoms with Crippen LogP contribution in [0.4, 0.5) is 5.00 Å². The number of carbonyl (C=O) groups excluding carboxylic acids is 2. The number of nitrogens with one attached hydrogen (secondary N) is 1. The highest BCUT2D eigenvalue weighted by molar-refractivity contribution is 8.00. The molecule has 1 unspecified atom stereocenters. The van der Waals surface area contributed by atoms with Crippen molar-refractivity contribution in [3.8, 4) is 0 Å². The molecule has 0 spiro atoms. The van der Waals surface area contributed by atoms with Crippen LogP contribution in [0.25, 0.3) is 0 Å². The largest absolute Gasteiger partial charge is 0.366 e. The number of anilines is 1. The Morgan fingerprint density at radius 3 is 2.81 bits per heavy atom. The number of hydrogen-bond acceptors (Lipinski definition) is 4. The molecule has 0 aliphatic heterocycles. The summed E-state index contributed by atoms with van der Waals surface area (Å²) in [6, 6.07) is 8.90. The summed E-state index contributed by atoms with van der Waals surface area (Å²) in [6.07, 6.45) is 0. The second-order valence-electron chi connectivity index (χ2n) is 4.23. The van der Waals surface area contributed by atoms with Crippen LogP contribution in [-0.2, 0) is 4.79 Å². The van der Waals surface area contributed by atoms with Crippen molar-refractivity contribution in [2.75, 3.05) is 5.32 Å². The smallest absolute Gasteiger partial charge is 0.251 e. The van der Waals surface area contributed by atoms with Crippen molar-refractivity contribution < 1.29 is 9.59 Å². The molecule has 1 atom stereocenters. The number of thioether (sulfide) groups is 1. The highest BCUT2D eigenvalue weighted by Gasteiger charge is 2.18. The molecule has 21 heavy (non-hydrogen) atoms. The lowest BCUT2D eigenvalue weighted by Gasteiger charge is -2.11. The van der Waals surface area contributed by atoms with Gasteiger partial charge in [0, 0.05) is 9.92 Å². The Labute approximate surface area is 135 Å². The van der Waals surface area contributed by atoms with E-state index in [0.717, 1.165) is 4.90 Å². The molecular weight excluding hydrogens is 328 g/mol. The monoisotopic (exact) mass is 340 g/mol. The van der Waals surface area contributed by atoms with E-state index in [1.165, 1.54) is 23.1 Å². The topological polar surface area (TPSA) is 72.2 Å². The summed E-state index contributed by atoms with van der Waals surface area (Å²) >= 11 is 8.58. The van der Waals surface area contributed by atoms with E-state index in [1.807, 2.05) is 12.1 Å². The fourth-order valence-corrected chi connectivity index (χ4v) is 3.59. The predicted octanol–water partition coefficient (Wildman–Crippen LogP) is 3.62. The molecule has 0 fully saturated rings. The molecule has 2 aromatic rings. The number of rotatable bonds is 5. The lowest BCUT2D eigenvalue weighted by Crippen LogP contribution is -2.23. The van der Waals surface area contributed by atoms with Crippen LogP contribution in [-0.4, -0.2) is 17.1 Å². The van der Waals surface area contributed by atoms with E-state index in [1.54, 1.807) is 30.5 Å². The van der Waals surface area contributed by atoms with Crippen LogP contribution in [0.1, 0.15) is 17.3 Å². The molecule has 1 heterocycles. The summed E-state index contributed by atoms with van der Waals surface area (Å²) < 4.78 is 0. The van der Waals surface area contributed by atoms with Crippen LogP contribution in [0.5, 0.6) is 0 Å². The SMILES string of the molecule is CC(Sc1cccc(Cl)c1)C(=O)Nc1sccc1C(N)=O. The van der Waals surface area contributed by atoms with Crippen LogP contribution < -0.4 is 11.1 Å². The first-order valence-corrected chi connectivity index (χ1v) is 8.21. The van der Waals surface area contributed by atoms with Gasteiger partial charge in [-0.15, -0.1) is 23.1 Å². The molecule has 2 rings (SSSR count). The Kier molecular flexibility index (Phi) is 5.27. The van der Waals surface area contributed by atoms with Crippen LogP contribution in [0.3, 0.4) is 0 Å². The van der Waals surface area contributed by atoms with Gasteiger partial charge in [0.25, 0.3) is 5.91 Å². The number of primary amides is 1. The molecule has 4 nitrogen and oxygen atoms in total. The zero-order valence-electron chi connectivity index (χ0n) is 11.1. The van der Waals surface area contributed by atoms with Crippen LogP contribution >= 0.6 is 34.7 Å². The number of benzene rings is 1. The number of hydrogen-bond donors (Lipinski definition) is 2. The van der Waals surface area contributed by atoms with Gasteiger partial charge in [0.15, 0.2) is 0 Å². The summed E-state index contributed by atoms with van der Waals surface area (Å²) in [5.41, 5.74) is 5.57. The Balaban J connectivity index is 2.03. The van der Waals surface area contributed by atoms with Gasteiger partial charge in [-0.2, -0.15) is 0 Å². The third-order valence-corrected chi connectivity index (χ3v) is 4.80. The zero-order valence-corrected chi connectivity index (χ0v) is 13.5. The van der Waals surface area contributed by atoms with Gasteiger partial charge in [-0.25, -0.2) is 0 Å². The van der Waals surface area contributed by atoms with E-state index < -0.39 is 5.91 Å². The molecule has 0 saturated heterocycles. The molecule has 0 bridgehead atoms. The van der Waals surface area contributed by atoms with Crippen LogP contribution in [0, 0.1) is 0 Å². The molecule has 0 radical (unpaired) electrons. The average molecular weight is 341 g/mol. The van der Waals surface area contributed by atoms with Gasteiger partial charge in [-0.1, -0.05) is 17.7 Å². The van der Waals surface area contributed by atoms with Crippen molar-refractivity contribution in [3.05, 3.63) is 46.3 Å². The first kappa shape index (κ1) is 15.9. The lowest BCUT2D eigenvalue weighted by atomic mass is 10.3. The minimum Gasteiger partial charge on any atom is -0.366 e. The van der Waals surface area contributed by atoms with E-state index in [0.29, 0.717) is 15.6 Å². The minimum atomic E-state index is -0.554. The molecule has 7 heteroatoms. The van der Waals surface area contributed by atoms with Crippen molar-refractivity contribution in [2.45, 2.75) is 17.1 Å². The second kappa shape index (κ2) is 6.98. The van der Waals surface area contributed by atoms with Crippen molar-refractivity contribution in [2.24, 2.45) is 5.73 Å². The summed E-state index contributed by atoms with van der Waals surface area (Å²) in [5.74, 6) is -0.744. The van der Waals surface area contributed by atoms with Crippen molar-refractivity contribution in [1.82, 2.24) is 0 Å². The van der Waals surface area contributed by atoms with Gasteiger partial charge in [0.05, 0.1) is 10.8 Å². The summed E-state index contributed by atoms with van der Waals surface area (Å²) in [5, 5.41) is 5.22. The van der Waals surface area contributed by atoms with Gasteiger partial charge in [-0.05, 0) is 36.6 Å². The standard InChI is InChI=1S/C14H13ClN2O2S2/c1-8(21-10-4-2-3-9(15)7-10)13(19)17-14-11(12(16)18)5-6-20-14/h2-8H,1H3,(H2,16,18)(H,17,19). The summed E-state index contributed by atoms with van der Waals surface area (Å²) in [4.78, 5) is 24.3. The van der Waals surface area contributed by atoms with Crippen molar-refractivity contribution in [1.29, 1.82) is 0 Å². The predicted molar refractivity (Wildman–Crippen MR) is 88.2 cm³/mol. The first-order valence-electron chi connectivity index (χ1n) is 6.07. The van der Waals surface area contributed by atoms with E-state index in [-0.39, 0.29) is 11.2 Å². The maximum atomic E-state index is 12.2. The highest BCUT2D eigenvalue weighted by atomic mass is 35.5. The summed E-state index contributed by atoms with van der Waals surface area (Å²) in [7, 11) is 0. The number of carbonyl (C=O) groups is 2. The fourth-order valence-electron chi connectivity index (χ4n) is 1.61. The van der Waals surface area contributed by atoms with Crippen LogP contribution in [0.2, 0.25) is 5.02 Å². The molecule has 1 aromatic heterocycles. The lowest BCUT2D eigenvalue weighted by molar-refractivity contribution is -0.115.